The smallest absolute Gasteiger partial charge is 0.272 e. The molecule has 1 amide bonds. The number of nitrogens with zero attached hydrogens (tertiary/aromatic N) is 3. The fourth-order valence-corrected chi connectivity index (χ4v) is 3.64. The van der Waals surface area contributed by atoms with Crippen LogP contribution in [0.1, 0.15) is 16.1 Å². The van der Waals surface area contributed by atoms with Crippen molar-refractivity contribution in [3.8, 4) is 17.0 Å². The van der Waals surface area contributed by atoms with Gasteiger partial charge in [-0.15, -0.1) is 11.3 Å². The van der Waals surface area contributed by atoms with E-state index in [1.807, 2.05) is 52.4 Å². The third kappa shape index (κ3) is 3.54. The second-order valence-corrected chi connectivity index (χ2v) is 6.83. The number of nitrogens with one attached hydrogen (secondary N) is 1. The zero-order valence-corrected chi connectivity index (χ0v) is 15.6. The number of imidazole rings is 1. The van der Waals surface area contributed by atoms with E-state index in [0.29, 0.717) is 12.2 Å². The van der Waals surface area contributed by atoms with Crippen molar-refractivity contribution in [2.45, 2.75) is 6.42 Å². The van der Waals surface area contributed by atoms with Gasteiger partial charge in [-0.1, -0.05) is 12.1 Å². The molecule has 0 aliphatic carbocycles. The number of aromatic nitrogens is 3. The van der Waals surface area contributed by atoms with Gasteiger partial charge >= 0.3 is 0 Å². The predicted octanol–water partition coefficient (Wildman–Crippen LogP) is 3.44. The predicted molar refractivity (Wildman–Crippen MR) is 105 cm³/mol. The van der Waals surface area contributed by atoms with Crippen molar-refractivity contribution < 1.29 is 9.53 Å². The number of pyridine rings is 1. The topological polar surface area (TPSA) is 68.5 Å². The number of fused-ring (bicyclic) bond motifs is 1. The summed E-state index contributed by atoms with van der Waals surface area (Å²) in [6.45, 7) is 0.534. The van der Waals surface area contributed by atoms with E-state index in [9.17, 15) is 4.79 Å². The first-order chi connectivity index (χ1) is 13.3. The summed E-state index contributed by atoms with van der Waals surface area (Å²) in [6, 6.07) is 11.6. The van der Waals surface area contributed by atoms with Crippen molar-refractivity contribution in [1.29, 1.82) is 0 Å². The van der Waals surface area contributed by atoms with Gasteiger partial charge in [0.1, 0.15) is 5.75 Å². The number of amides is 1. The van der Waals surface area contributed by atoms with Crippen LogP contribution in [0.3, 0.4) is 0 Å². The summed E-state index contributed by atoms with van der Waals surface area (Å²) in [7, 11) is 1.64. The van der Waals surface area contributed by atoms with E-state index in [2.05, 4.69) is 15.3 Å². The number of benzene rings is 1. The second-order valence-electron chi connectivity index (χ2n) is 5.95. The molecule has 0 bridgehead atoms. The number of ether oxygens (including phenoxy) is 1. The molecule has 0 saturated heterocycles. The molecule has 0 aliphatic rings. The number of methoxy groups -OCH3 is 1. The Labute approximate surface area is 160 Å². The van der Waals surface area contributed by atoms with Gasteiger partial charge in [-0.2, -0.15) is 0 Å². The molecule has 0 atom stereocenters. The molecule has 1 N–H and O–H groups in total. The number of rotatable bonds is 6. The molecule has 6 nitrogen and oxygen atoms in total. The average molecular weight is 378 g/mol. The molecular weight excluding hydrogens is 360 g/mol. The summed E-state index contributed by atoms with van der Waals surface area (Å²) in [4.78, 5) is 22.2. The van der Waals surface area contributed by atoms with E-state index in [1.54, 1.807) is 19.5 Å². The normalized spacial score (nSPS) is 10.9. The Bertz CT molecular complexity index is 1050. The van der Waals surface area contributed by atoms with Gasteiger partial charge in [-0.05, 0) is 36.2 Å². The molecular formula is C20H18N4O2S. The SMILES string of the molecule is COc1ccc(CCNC(=O)c2nc3sccn3c2-c2ccncc2)cc1. The van der Waals surface area contributed by atoms with E-state index in [0.717, 1.165) is 34.0 Å². The molecule has 0 aliphatic heterocycles. The third-order valence-electron chi connectivity index (χ3n) is 4.29. The minimum atomic E-state index is -0.175. The molecule has 4 aromatic rings. The molecule has 7 heteroatoms. The maximum absolute atomic E-state index is 12.8. The van der Waals surface area contributed by atoms with Crippen molar-refractivity contribution in [2.24, 2.45) is 0 Å². The van der Waals surface area contributed by atoms with Gasteiger partial charge in [0, 0.05) is 36.1 Å². The summed E-state index contributed by atoms with van der Waals surface area (Å²) in [5, 5.41) is 4.94. The van der Waals surface area contributed by atoms with Crippen LogP contribution in [0.4, 0.5) is 0 Å². The molecule has 0 unspecified atom stereocenters. The lowest BCUT2D eigenvalue weighted by atomic mass is 10.1. The van der Waals surface area contributed by atoms with Crippen LogP contribution in [-0.4, -0.2) is 33.9 Å². The molecule has 27 heavy (non-hydrogen) atoms. The lowest BCUT2D eigenvalue weighted by Crippen LogP contribution is -2.26. The van der Waals surface area contributed by atoms with Crippen LogP contribution in [0, 0.1) is 0 Å². The molecule has 0 radical (unpaired) electrons. The van der Waals surface area contributed by atoms with Crippen molar-refractivity contribution in [2.75, 3.05) is 13.7 Å². The highest BCUT2D eigenvalue weighted by molar-refractivity contribution is 7.15. The van der Waals surface area contributed by atoms with Gasteiger partial charge in [0.25, 0.3) is 5.91 Å². The summed E-state index contributed by atoms with van der Waals surface area (Å²) in [6.07, 6.45) is 6.10. The van der Waals surface area contributed by atoms with Crippen molar-refractivity contribution >= 4 is 22.2 Å². The van der Waals surface area contributed by atoms with Crippen molar-refractivity contribution in [3.05, 3.63) is 71.6 Å². The molecule has 4 rings (SSSR count). The van der Waals surface area contributed by atoms with Gasteiger partial charge in [0.15, 0.2) is 10.7 Å². The number of carbonyl (C=O) groups is 1. The van der Waals surface area contributed by atoms with E-state index >= 15 is 0 Å². The molecule has 136 valence electrons. The summed E-state index contributed by atoms with van der Waals surface area (Å²) in [5.41, 5.74) is 3.27. The molecule has 3 heterocycles. The standard InChI is InChI=1S/C20H18N4O2S/c1-26-16-4-2-14(3-5-16)6-11-22-19(25)17-18(15-7-9-21-10-8-15)24-12-13-27-20(24)23-17/h2-5,7-10,12-13H,6,11H2,1H3,(H,22,25). The highest BCUT2D eigenvalue weighted by atomic mass is 32.1. The summed E-state index contributed by atoms with van der Waals surface area (Å²) < 4.78 is 7.11. The van der Waals surface area contributed by atoms with E-state index < -0.39 is 0 Å². The van der Waals surface area contributed by atoms with Gasteiger partial charge in [-0.3, -0.25) is 14.2 Å². The van der Waals surface area contributed by atoms with Crippen molar-refractivity contribution in [1.82, 2.24) is 19.7 Å². The lowest BCUT2D eigenvalue weighted by molar-refractivity contribution is 0.0950. The van der Waals surface area contributed by atoms with Crippen molar-refractivity contribution in [3.63, 3.8) is 0 Å². The minimum Gasteiger partial charge on any atom is -0.497 e. The highest BCUT2D eigenvalue weighted by Gasteiger charge is 2.20. The number of hydrogen-bond acceptors (Lipinski definition) is 5. The van der Waals surface area contributed by atoms with Crippen LogP contribution in [0.15, 0.2) is 60.4 Å². The number of hydrogen-bond donors (Lipinski definition) is 1. The molecule has 1 aromatic carbocycles. The van der Waals surface area contributed by atoms with Crippen LogP contribution in [-0.2, 0) is 6.42 Å². The summed E-state index contributed by atoms with van der Waals surface area (Å²) >= 11 is 1.50. The fourth-order valence-electron chi connectivity index (χ4n) is 2.93. The van der Waals surface area contributed by atoms with Crippen LogP contribution >= 0.6 is 11.3 Å². The zero-order chi connectivity index (χ0) is 18.6. The van der Waals surface area contributed by atoms with Gasteiger partial charge in [0.2, 0.25) is 0 Å². The number of carbonyl (C=O) groups excluding carboxylic acids is 1. The first kappa shape index (κ1) is 17.2. The molecule has 0 fully saturated rings. The minimum absolute atomic E-state index is 0.175. The Morgan fingerprint density at radius 3 is 2.70 bits per heavy atom. The molecule has 0 spiro atoms. The fraction of sp³-hybridized carbons (Fsp3) is 0.150. The van der Waals surface area contributed by atoms with E-state index in [1.165, 1.54) is 11.3 Å². The van der Waals surface area contributed by atoms with E-state index in [-0.39, 0.29) is 5.91 Å². The monoisotopic (exact) mass is 378 g/mol. The largest absolute Gasteiger partial charge is 0.497 e. The Hall–Kier alpha value is -3.19. The van der Waals surface area contributed by atoms with E-state index in [4.69, 9.17) is 4.74 Å². The average Bonchev–Trinajstić information content (AvgIpc) is 3.30. The van der Waals surface area contributed by atoms with Gasteiger partial charge in [0.05, 0.1) is 12.8 Å². The quantitative estimate of drug-likeness (QED) is 0.558. The number of thiazole rings is 1. The molecule has 0 saturated carbocycles. The Morgan fingerprint density at radius 2 is 1.96 bits per heavy atom. The van der Waals surface area contributed by atoms with Gasteiger partial charge in [-0.25, -0.2) is 4.98 Å². The van der Waals surface area contributed by atoms with Gasteiger partial charge < -0.3 is 10.1 Å². The first-order valence-electron chi connectivity index (χ1n) is 8.53. The Balaban J connectivity index is 1.51. The molecule has 3 aromatic heterocycles. The van der Waals surface area contributed by atoms with Crippen LogP contribution in [0.2, 0.25) is 0 Å². The van der Waals surface area contributed by atoms with Crippen LogP contribution in [0.5, 0.6) is 5.75 Å². The second kappa shape index (κ2) is 7.59. The highest BCUT2D eigenvalue weighted by Crippen LogP contribution is 2.27. The Morgan fingerprint density at radius 1 is 1.19 bits per heavy atom. The zero-order valence-electron chi connectivity index (χ0n) is 14.8. The van der Waals surface area contributed by atoms with Crippen LogP contribution in [0.25, 0.3) is 16.2 Å². The third-order valence-corrected chi connectivity index (χ3v) is 5.05. The Kier molecular flexibility index (Phi) is 4.84. The van der Waals surface area contributed by atoms with Crippen LogP contribution < -0.4 is 10.1 Å². The maximum Gasteiger partial charge on any atom is 0.272 e. The first-order valence-corrected chi connectivity index (χ1v) is 9.41. The maximum atomic E-state index is 12.8. The lowest BCUT2D eigenvalue weighted by Gasteiger charge is -2.07. The summed E-state index contributed by atoms with van der Waals surface area (Å²) in [5.74, 6) is 0.647.